The molecule has 0 N–H and O–H groups in total. The molecule has 2 aromatic carbocycles. The number of esters is 1. The molecular weight excluding hydrogens is 444 g/mol. The third-order valence-corrected chi connectivity index (χ3v) is 5.74. The van der Waals surface area contributed by atoms with E-state index in [4.69, 9.17) is 9.26 Å². The summed E-state index contributed by atoms with van der Waals surface area (Å²) < 4.78 is 43.4. The van der Waals surface area contributed by atoms with Gasteiger partial charge in [-0.15, -0.1) is 0 Å². The van der Waals surface area contributed by atoms with Gasteiger partial charge in [-0.25, -0.2) is 13.6 Å². The number of hydrogen-bond donors (Lipinski definition) is 0. The Hall–Kier alpha value is -3.59. The van der Waals surface area contributed by atoms with Gasteiger partial charge in [0.1, 0.15) is 17.4 Å². The molecule has 9 heteroatoms. The van der Waals surface area contributed by atoms with Crippen LogP contribution in [0.15, 0.2) is 53.1 Å². The number of benzene rings is 2. The number of nitrogens with zero attached hydrogens (tertiary/aromatic N) is 3. The van der Waals surface area contributed by atoms with Crippen LogP contribution in [0, 0.1) is 11.6 Å². The van der Waals surface area contributed by atoms with Gasteiger partial charge in [0.2, 0.25) is 0 Å². The van der Waals surface area contributed by atoms with Crippen molar-refractivity contribution in [3.8, 4) is 5.75 Å². The smallest absolute Gasteiger partial charge is 0.330 e. The lowest BCUT2D eigenvalue weighted by Gasteiger charge is -2.30. The van der Waals surface area contributed by atoms with Crippen LogP contribution < -0.4 is 4.74 Å². The highest BCUT2D eigenvalue weighted by Crippen LogP contribution is 2.28. The predicted octanol–water partition coefficient (Wildman–Crippen LogP) is 4.49. The molecule has 0 atom stereocenters. The molecular formula is C25H25F2N3O4. The van der Waals surface area contributed by atoms with Crippen molar-refractivity contribution in [2.45, 2.75) is 31.9 Å². The van der Waals surface area contributed by atoms with Gasteiger partial charge in [-0.2, -0.15) is 4.98 Å². The molecule has 1 fully saturated rings. The second-order valence-electron chi connectivity index (χ2n) is 8.01. The molecule has 3 aromatic rings. The van der Waals surface area contributed by atoms with Gasteiger partial charge in [0.25, 0.3) is 5.89 Å². The summed E-state index contributed by atoms with van der Waals surface area (Å²) in [5.74, 6) is 0.301. The summed E-state index contributed by atoms with van der Waals surface area (Å²) in [4.78, 5) is 17.6. The first-order valence-electron chi connectivity index (χ1n) is 11.0. The summed E-state index contributed by atoms with van der Waals surface area (Å²) >= 11 is 0. The minimum absolute atomic E-state index is 0.104. The molecule has 1 aliphatic rings. The van der Waals surface area contributed by atoms with Crippen LogP contribution in [0.1, 0.15) is 41.6 Å². The minimum atomic E-state index is -0.516. The molecule has 34 heavy (non-hydrogen) atoms. The van der Waals surface area contributed by atoms with Crippen molar-refractivity contribution in [3.63, 3.8) is 0 Å². The molecule has 0 bridgehead atoms. The monoisotopic (exact) mass is 469 g/mol. The summed E-state index contributed by atoms with van der Waals surface area (Å²) in [7, 11) is 1.33. The van der Waals surface area contributed by atoms with Crippen LogP contribution in [0.5, 0.6) is 5.75 Å². The van der Waals surface area contributed by atoms with Crippen molar-refractivity contribution in [2.24, 2.45) is 0 Å². The number of methoxy groups -OCH3 is 1. The lowest BCUT2D eigenvalue weighted by Crippen LogP contribution is -2.33. The first-order valence-corrected chi connectivity index (χ1v) is 11.0. The van der Waals surface area contributed by atoms with E-state index in [-0.39, 0.29) is 24.6 Å². The zero-order valence-electron chi connectivity index (χ0n) is 18.7. The van der Waals surface area contributed by atoms with Crippen LogP contribution in [0.25, 0.3) is 6.08 Å². The average molecular weight is 469 g/mol. The van der Waals surface area contributed by atoms with Gasteiger partial charge in [0.15, 0.2) is 12.4 Å². The number of ether oxygens (including phenoxy) is 2. The van der Waals surface area contributed by atoms with Crippen LogP contribution in [-0.4, -0.2) is 41.2 Å². The molecule has 1 aliphatic heterocycles. The van der Waals surface area contributed by atoms with Crippen molar-refractivity contribution in [3.05, 3.63) is 83.0 Å². The molecule has 2 heterocycles. The van der Waals surface area contributed by atoms with Gasteiger partial charge < -0.3 is 14.0 Å². The maximum atomic E-state index is 13.9. The predicted molar refractivity (Wildman–Crippen MR) is 120 cm³/mol. The zero-order chi connectivity index (χ0) is 23.9. The summed E-state index contributed by atoms with van der Waals surface area (Å²) in [6.07, 6.45) is 4.55. The molecule has 7 nitrogen and oxygen atoms in total. The molecule has 0 radical (unpaired) electrons. The number of carbonyl (C=O) groups excluding carboxylic acids is 1. The van der Waals surface area contributed by atoms with E-state index in [1.165, 1.54) is 31.4 Å². The van der Waals surface area contributed by atoms with Gasteiger partial charge in [-0.3, -0.25) is 4.90 Å². The molecule has 0 saturated carbocycles. The highest BCUT2D eigenvalue weighted by molar-refractivity contribution is 5.86. The first-order chi connectivity index (χ1) is 16.5. The fourth-order valence-corrected chi connectivity index (χ4v) is 3.80. The van der Waals surface area contributed by atoms with Crippen molar-refractivity contribution >= 4 is 12.0 Å². The van der Waals surface area contributed by atoms with Gasteiger partial charge in [-0.1, -0.05) is 23.4 Å². The molecule has 0 unspecified atom stereocenters. The SMILES string of the molecule is COC(=O)C=Cc1ccc(OCc2nc(C3CCN(Cc4c(F)cccc4F)CC3)no2)cc1. The molecule has 4 rings (SSSR count). The van der Waals surface area contributed by atoms with Crippen molar-refractivity contribution in [1.82, 2.24) is 15.0 Å². The Kier molecular flexibility index (Phi) is 7.64. The van der Waals surface area contributed by atoms with E-state index in [2.05, 4.69) is 14.9 Å². The van der Waals surface area contributed by atoms with Crippen LogP contribution in [0.2, 0.25) is 0 Å². The maximum absolute atomic E-state index is 13.9. The zero-order valence-corrected chi connectivity index (χ0v) is 18.7. The molecule has 1 saturated heterocycles. The van der Waals surface area contributed by atoms with E-state index in [0.717, 1.165) is 18.4 Å². The number of halogens is 2. The summed E-state index contributed by atoms with van der Waals surface area (Å²) in [5, 5.41) is 4.09. The topological polar surface area (TPSA) is 77.7 Å². The standard InChI is InChI=1S/C25H25F2N3O4/c1-32-24(31)10-7-17-5-8-19(9-6-17)33-16-23-28-25(29-34-23)18-11-13-30(14-12-18)15-20-21(26)3-2-4-22(20)27/h2-10,18H,11-16H2,1H3. The highest BCUT2D eigenvalue weighted by Gasteiger charge is 2.26. The third-order valence-electron chi connectivity index (χ3n) is 5.74. The van der Waals surface area contributed by atoms with Crippen LogP contribution >= 0.6 is 0 Å². The molecule has 0 amide bonds. The maximum Gasteiger partial charge on any atom is 0.330 e. The fourth-order valence-electron chi connectivity index (χ4n) is 3.80. The Labute approximate surface area is 196 Å². The van der Waals surface area contributed by atoms with Crippen LogP contribution in [-0.2, 0) is 22.7 Å². The molecule has 178 valence electrons. The normalized spacial score (nSPS) is 15.0. The quantitative estimate of drug-likeness (QED) is 0.355. The van der Waals surface area contributed by atoms with Gasteiger partial charge >= 0.3 is 5.97 Å². The van der Waals surface area contributed by atoms with Crippen LogP contribution in [0.4, 0.5) is 8.78 Å². The van der Waals surface area contributed by atoms with E-state index in [0.29, 0.717) is 30.6 Å². The van der Waals surface area contributed by atoms with Crippen molar-refractivity contribution in [1.29, 1.82) is 0 Å². The average Bonchev–Trinajstić information content (AvgIpc) is 3.34. The Morgan fingerprint density at radius 2 is 1.85 bits per heavy atom. The van der Waals surface area contributed by atoms with E-state index in [1.807, 2.05) is 17.0 Å². The van der Waals surface area contributed by atoms with Gasteiger partial charge in [0.05, 0.1) is 7.11 Å². The van der Waals surface area contributed by atoms with E-state index < -0.39 is 17.6 Å². The summed E-state index contributed by atoms with van der Waals surface area (Å²) in [6.45, 7) is 1.76. The number of piperidine rings is 1. The Morgan fingerprint density at radius 1 is 1.15 bits per heavy atom. The van der Waals surface area contributed by atoms with E-state index in [1.54, 1.807) is 18.2 Å². The number of aromatic nitrogens is 2. The number of rotatable bonds is 8. The fraction of sp³-hybridized carbons (Fsp3) is 0.320. The Morgan fingerprint density at radius 3 is 2.53 bits per heavy atom. The Balaban J connectivity index is 1.25. The van der Waals surface area contributed by atoms with Crippen molar-refractivity contribution in [2.75, 3.05) is 20.2 Å². The molecule has 0 spiro atoms. The summed E-state index contributed by atoms with van der Waals surface area (Å²) in [5.41, 5.74) is 0.939. The van der Waals surface area contributed by atoms with E-state index >= 15 is 0 Å². The lowest BCUT2D eigenvalue weighted by atomic mass is 9.96. The Bertz CT molecular complexity index is 1120. The third kappa shape index (κ3) is 6.05. The molecule has 0 aliphatic carbocycles. The second-order valence-corrected chi connectivity index (χ2v) is 8.01. The summed E-state index contributed by atoms with van der Waals surface area (Å²) in [6, 6.07) is 11.1. The first kappa shape index (κ1) is 23.6. The van der Waals surface area contributed by atoms with Crippen LogP contribution in [0.3, 0.4) is 0 Å². The lowest BCUT2D eigenvalue weighted by molar-refractivity contribution is -0.134. The van der Waals surface area contributed by atoms with Gasteiger partial charge in [-0.05, 0) is 61.8 Å². The second kappa shape index (κ2) is 11.0. The van der Waals surface area contributed by atoms with Gasteiger partial charge in [0, 0.05) is 24.1 Å². The number of carbonyl (C=O) groups is 1. The van der Waals surface area contributed by atoms with E-state index in [9.17, 15) is 13.6 Å². The van der Waals surface area contributed by atoms with Crippen molar-refractivity contribution < 1.29 is 27.6 Å². The highest BCUT2D eigenvalue weighted by atomic mass is 19.1. The number of hydrogen-bond acceptors (Lipinski definition) is 7. The number of likely N-dealkylation sites (tertiary alicyclic amines) is 1. The molecule has 1 aromatic heterocycles. The largest absolute Gasteiger partial charge is 0.484 e. The minimum Gasteiger partial charge on any atom is -0.484 e.